The summed E-state index contributed by atoms with van der Waals surface area (Å²) in [6, 6.07) is 10.1. The summed E-state index contributed by atoms with van der Waals surface area (Å²) in [6.45, 7) is 1.83. The van der Waals surface area contributed by atoms with Gasteiger partial charge in [0, 0.05) is 21.4 Å². The van der Waals surface area contributed by atoms with Crippen LogP contribution in [-0.4, -0.2) is 5.91 Å². The third-order valence-corrected chi connectivity index (χ3v) is 3.42. The summed E-state index contributed by atoms with van der Waals surface area (Å²) in [4.78, 5) is 12.2. The molecule has 0 aliphatic carbocycles. The van der Waals surface area contributed by atoms with Crippen LogP contribution in [-0.2, 0) is 0 Å². The SMILES string of the molecule is Cc1c(Cl)cccc1NC(=O)c1cc(Cl)ccc1N. The zero-order chi connectivity index (χ0) is 14.0. The van der Waals surface area contributed by atoms with Crippen molar-refractivity contribution in [3.8, 4) is 0 Å². The Bertz CT molecular complexity index is 641. The van der Waals surface area contributed by atoms with Gasteiger partial charge in [-0.2, -0.15) is 0 Å². The lowest BCUT2D eigenvalue weighted by molar-refractivity contribution is 0.102. The van der Waals surface area contributed by atoms with Gasteiger partial charge in [0.1, 0.15) is 0 Å². The van der Waals surface area contributed by atoms with Gasteiger partial charge in [-0.25, -0.2) is 0 Å². The summed E-state index contributed by atoms with van der Waals surface area (Å²) >= 11 is 11.9. The van der Waals surface area contributed by atoms with E-state index in [0.717, 1.165) is 5.56 Å². The zero-order valence-corrected chi connectivity index (χ0v) is 11.7. The number of nitrogens with one attached hydrogen (secondary N) is 1. The molecule has 2 aromatic carbocycles. The van der Waals surface area contributed by atoms with E-state index in [1.807, 2.05) is 6.92 Å². The predicted octanol–water partition coefficient (Wildman–Crippen LogP) is 4.14. The molecule has 0 bridgehead atoms. The van der Waals surface area contributed by atoms with Gasteiger partial charge in [0.15, 0.2) is 0 Å². The maximum absolute atomic E-state index is 12.2. The van der Waals surface area contributed by atoms with Crippen molar-refractivity contribution in [2.45, 2.75) is 6.92 Å². The molecule has 3 nitrogen and oxygen atoms in total. The lowest BCUT2D eigenvalue weighted by Crippen LogP contribution is -2.14. The Morgan fingerprint density at radius 3 is 2.68 bits per heavy atom. The molecule has 19 heavy (non-hydrogen) atoms. The molecule has 0 spiro atoms. The summed E-state index contributed by atoms with van der Waals surface area (Å²) in [6.07, 6.45) is 0. The van der Waals surface area contributed by atoms with Crippen molar-refractivity contribution in [3.63, 3.8) is 0 Å². The number of nitrogen functional groups attached to an aromatic ring is 1. The van der Waals surface area contributed by atoms with Crippen LogP contribution < -0.4 is 11.1 Å². The number of anilines is 2. The van der Waals surface area contributed by atoms with E-state index >= 15 is 0 Å². The molecule has 5 heteroatoms. The quantitative estimate of drug-likeness (QED) is 0.818. The summed E-state index contributed by atoms with van der Waals surface area (Å²) in [5, 5.41) is 3.83. The molecule has 1 amide bonds. The highest BCUT2D eigenvalue weighted by molar-refractivity contribution is 6.32. The van der Waals surface area contributed by atoms with Crippen molar-refractivity contribution in [1.29, 1.82) is 0 Å². The highest BCUT2D eigenvalue weighted by atomic mass is 35.5. The highest BCUT2D eigenvalue weighted by Crippen LogP contribution is 2.25. The first kappa shape index (κ1) is 13.7. The van der Waals surface area contributed by atoms with Crippen LogP contribution in [0.3, 0.4) is 0 Å². The minimum absolute atomic E-state index is 0.314. The van der Waals surface area contributed by atoms with Crippen LogP contribution in [0.1, 0.15) is 15.9 Å². The Kier molecular flexibility index (Phi) is 3.98. The van der Waals surface area contributed by atoms with Gasteiger partial charge in [-0.15, -0.1) is 0 Å². The van der Waals surface area contributed by atoms with Gasteiger partial charge in [-0.05, 0) is 42.8 Å². The number of carbonyl (C=O) groups is 1. The Hall–Kier alpha value is -1.71. The fourth-order valence-electron chi connectivity index (χ4n) is 1.66. The number of rotatable bonds is 2. The maximum Gasteiger partial charge on any atom is 0.257 e. The van der Waals surface area contributed by atoms with Gasteiger partial charge < -0.3 is 11.1 Å². The smallest absolute Gasteiger partial charge is 0.257 e. The molecule has 0 atom stereocenters. The monoisotopic (exact) mass is 294 g/mol. The first-order valence-electron chi connectivity index (χ1n) is 5.60. The van der Waals surface area contributed by atoms with Crippen LogP contribution in [0.25, 0.3) is 0 Å². The van der Waals surface area contributed by atoms with Crippen molar-refractivity contribution < 1.29 is 4.79 Å². The van der Waals surface area contributed by atoms with Gasteiger partial charge in [0.2, 0.25) is 0 Å². The number of halogens is 2. The second kappa shape index (κ2) is 5.51. The molecule has 0 aromatic heterocycles. The maximum atomic E-state index is 12.2. The molecule has 3 N–H and O–H groups in total. The predicted molar refractivity (Wildman–Crippen MR) is 80.0 cm³/mol. The molecule has 0 fully saturated rings. The van der Waals surface area contributed by atoms with Gasteiger partial charge in [0.25, 0.3) is 5.91 Å². The summed E-state index contributed by atoms with van der Waals surface area (Å²) in [5.74, 6) is -0.314. The zero-order valence-electron chi connectivity index (χ0n) is 10.2. The number of amides is 1. The van der Waals surface area contributed by atoms with Crippen LogP contribution in [0.15, 0.2) is 36.4 Å². The van der Waals surface area contributed by atoms with E-state index in [0.29, 0.717) is 27.0 Å². The van der Waals surface area contributed by atoms with Crippen molar-refractivity contribution in [2.75, 3.05) is 11.1 Å². The van der Waals surface area contributed by atoms with Crippen LogP contribution in [0.2, 0.25) is 10.0 Å². The Morgan fingerprint density at radius 1 is 1.21 bits per heavy atom. The van der Waals surface area contributed by atoms with E-state index < -0.39 is 0 Å². The summed E-state index contributed by atoms with van der Waals surface area (Å²) in [5.41, 5.74) is 7.94. The average molecular weight is 295 g/mol. The standard InChI is InChI=1S/C14H12Cl2N2O/c1-8-11(16)3-2-4-13(8)18-14(19)10-7-9(15)5-6-12(10)17/h2-7H,17H2,1H3,(H,18,19). The molecule has 0 saturated heterocycles. The molecular weight excluding hydrogens is 283 g/mol. The Morgan fingerprint density at radius 2 is 1.95 bits per heavy atom. The van der Waals surface area contributed by atoms with Crippen molar-refractivity contribution in [3.05, 3.63) is 57.6 Å². The van der Waals surface area contributed by atoms with Gasteiger partial charge in [-0.1, -0.05) is 29.3 Å². The van der Waals surface area contributed by atoms with Crippen LogP contribution in [0.5, 0.6) is 0 Å². The second-order valence-electron chi connectivity index (χ2n) is 4.10. The summed E-state index contributed by atoms with van der Waals surface area (Å²) < 4.78 is 0. The molecular formula is C14H12Cl2N2O. The van der Waals surface area contributed by atoms with E-state index in [1.165, 1.54) is 6.07 Å². The van der Waals surface area contributed by atoms with E-state index in [4.69, 9.17) is 28.9 Å². The third-order valence-electron chi connectivity index (χ3n) is 2.78. The molecule has 0 aliphatic rings. The lowest BCUT2D eigenvalue weighted by Gasteiger charge is -2.11. The van der Waals surface area contributed by atoms with Gasteiger partial charge >= 0.3 is 0 Å². The minimum atomic E-state index is -0.314. The first-order valence-corrected chi connectivity index (χ1v) is 6.36. The third kappa shape index (κ3) is 3.00. The first-order chi connectivity index (χ1) is 8.99. The van der Waals surface area contributed by atoms with E-state index in [9.17, 15) is 4.79 Å². The fourth-order valence-corrected chi connectivity index (χ4v) is 2.00. The number of nitrogens with two attached hydrogens (primary N) is 1. The number of benzene rings is 2. The lowest BCUT2D eigenvalue weighted by atomic mass is 10.1. The molecule has 2 aromatic rings. The fraction of sp³-hybridized carbons (Fsp3) is 0.0714. The summed E-state index contributed by atoms with van der Waals surface area (Å²) in [7, 11) is 0. The number of carbonyl (C=O) groups excluding carboxylic acids is 1. The molecule has 0 aliphatic heterocycles. The van der Waals surface area contributed by atoms with Crippen molar-refractivity contribution in [2.24, 2.45) is 0 Å². The molecule has 0 saturated carbocycles. The van der Waals surface area contributed by atoms with Crippen LogP contribution >= 0.6 is 23.2 Å². The normalized spacial score (nSPS) is 10.3. The topological polar surface area (TPSA) is 55.1 Å². The molecule has 0 unspecified atom stereocenters. The average Bonchev–Trinajstić information content (AvgIpc) is 2.38. The molecule has 0 heterocycles. The minimum Gasteiger partial charge on any atom is -0.398 e. The van der Waals surface area contributed by atoms with Crippen LogP contribution in [0, 0.1) is 6.92 Å². The molecule has 2 rings (SSSR count). The van der Waals surface area contributed by atoms with E-state index in [2.05, 4.69) is 5.32 Å². The Labute approximate surface area is 121 Å². The van der Waals surface area contributed by atoms with Gasteiger partial charge in [0.05, 0.1) is 5.56 Å². The van der Waals surface area contributed by atoms with E-state index in [-0.39, 0.29) is 5.91 Å². The van der Waals surface area contributed by atoms with Crippen molar-refractivity contribution >= 4 is 40.5 Å². The Balaban J connectivity index is 2.31. The molecule has 98 valence electrons. The highest BCUT2D eigenvalue weighted by Gasteiger charge is 2.12. The largest absolute Gasteiger partial charge is 0.398 e. The number of hydrogen-bond donors (Lipinski definition) is 2. The van der Waals surface area contributed by atoms with Crippen molar-refractivity contribution in [1.82, 2.24) is 0 Å². The van der Waals surface area contributed by atoms with Gasteiger partial charge in [-0.3, -0.25) is 4.79 Å². The number of hydrogen-bond acceptors (Lipinski definition) is 2. The van der Waals surface area contributed by atoms with E-state index in [1.54, 1.807) is 30.3 Å². The molecule has 0 radical (unpaired) electrons. The van der Waals surface area contributed by atoms with Crippen LogP contribution in [0.4, 0.5) is 11.4 Å². The second-order valence-corrected chi connectivity index (χ2v) is 4.94.